The molecule has 4 aromatic heterocycles. The molecule has 13 nitrogen and oxygen atoms in total. The van der Waals surface area contributed by atoms with Gasteiger partial charge in [0.2, 0.25) is 10.7 Å². The van der Waals surface area contributed by atoms with Crippen LogP contribution in [0.15, 0.2) is 120 Å². The molecule has 7 rings (SSSR count). The Morgan fingerprint density at radius 1 is 0.616 bits per heavy atom. The number of aromatic nitrogens is 6. The fraction of sp³-hybridized carbons (Fsp3) is 0.250. The Labute approximate surface area is 448 Å². The third-order valence-corrected chi connectivity index (χ3v) is 12.3. The highest BCUT2D eigenvalue weighted by molar-refractivity contribution is 8.14. The van der Waals surface area contributed by atoms with E-state index in [0.29, 0.717) is 26.6 Å². The smallest absolute Gasteiger partial charge is 0.222 e. The van der Waals surface area contributed by atoms with Crippen molar-refractivity contribution >= 4 is 104 Å². The Bertz CT molecular complexity index is 3080. The van der Waals surface area contributed by atoms with Gasteiger partial charge in [0, 0.05) is 70.6 Å². The summed E-state index contributed by atoms with van der Waals surface area (Å²) < 4.78 is 42.8. The number of benzene rings is 3. The number of hydrogen-bond acceptors (Lipinski definition) is 10. The summed E-state index contributed by atoms with van der Waals surface area (Å²) in [4.78, 5) is 24.9. The number of aliphatic imine (C=N–C) groups is 2. The molecule has 0 saturated heterocycles. The second kappa shape index (κ2) is 28.1. The molecule has 3 aromatic carbocycles. The van der Waals surface area contributed by atoms with Crippen molar-refractivity contribution in [3.05, 3.63) is 149 Å². The fourth-order valence-electron chi connectivity index (χ4n) is 7.22. The molecule has 7 aromatic rings. The van der Waals surface area contributed by atoms with Crippen molar-refractivity contribution in [1.82, 2.24) is 30.1 Å². The molecule has 0 fully saturated rings. The number of thiocarbonyl (C=S) groups is 2. The Morgan fingerprint density at radius 3 is 1.41 bits per heavy atom. The standard InChI is InChI=1S/2C18H21FN4S2.C16H16FN5S/c1-4-25-17(20)23-18(24)22-16-14(11(2)3)8-13(19)9-15(16)12-6-5-7-21-10-12;1-4-25-18(23-17(20)24)22-16-14(11(2)3)8-13(19)9-15(16)12-6-5-7-21-10-12;1-9(2)12-6-11(17)7-13(10-4-3-5-18-8-10)14(12)19-15-20-16(23)22-21-15/h2*5-11H,4H2,1-3H3,(H3,20,22,23,24);3-9H,1-2H3,(H3,19,20,21,22,23). The number of nitrogens with zero attached hydrogens (tertiary/aromatic N) is 6. The van der Waals surface area contributed by atoms with E-state index >= 15 is 0 Å². The molecule has 0 saturated carbocycles. The fourth-order valence-corrected chi connectivity index (χ4v) is 8.83. The number of amidine groups is 2. The number of H-pyrrole nitrogens is 2. The topological polar surface area (TPSA) is 196 Å². The van der Waals surface area contributed by atoms with E-state index in [2.05, 4.69) is 56.1 Å². The molecular weight excluding hydrogens is 1020 g/mol. The lowest BCUT2D eigenvalue weighted by Gasteiger charge is -2.20. The van der Waals surface area contributed by atoms with Crippen LogP contribution in [0.25, 0.3) is 33.4 Å². The van der Waals surface area contributed by atoms with Crippen LogP contribution in [-0.4, -0.2) is 62.2 Å². The highest BCUT2D eigenvalue weighted by Gasteiger charge is 2.20. The highest BCUT2D eigenvalue weighted by Crippen LogP contribution is 2.39. The van der Waals surface area contributed by atoms with Crippen LogP contribution in [0.2, 0.25) is 0 Å². The summed E-state index contributed by atoms with van der Waals surface area (Å²) in [7, 11) is 0. The Hall–Kier alpha value is -6.52. The van der Waals surface area contributed by atoms with Crippen molar-refractivity contribution in [3.63, 3.8) is 0 Å². The van der Waals surface area contributed by atoms with E-state index < -0.39 is 0 Å². The Morgan fingerprint density at radius 2 is 1.04 bits per heavy atom. The first-order valence-electron chi connectivity index (χ1n) is 23.1. The number of nitrogens with one attached hydrogen (secondary N) is 5. The summed E-state index contributed by atoms with van der Waals surface area (Å²) >= 11 is 18.1. The van der Waals surface area contributed by atoms with E-state index in [1.807, 2.05) is 91.8 Å². The van der Waals surface area contributed by atoms with Gasteiger partial charge >= 0.3 is 0 Å². The van der Waals surface area contributed by atoms with Crippen LogP contribution >= 0.6 is 60.2 Å². The zero-order valence-electron chi connectivity index (χ0n) is 41.6. The predicted molar refractivity (Wildman–Crippen MR) is 310 cm³/mol. The number of aromatic amines is 2. The largest absolute Gasteiger partial charge is 0.378 e. The van der Waals surface area contributed by atoms with E-state index in [-0.39, 0.29) is 45.4 Å². The van der Waals surface area contributed by atoms with E-state index in [1.54, 1.807) is 43.2 Å². The Balaban J connectivity index is 0.000000203. The minimum Gasteiger partial charge on any atom is -0.378 e. The molecule has 0 radical (unpaired) electrons. The molecule has 21 heteroatoms. The van der Waals surface area contributed by atoms with Crippen molar-refractivity contribution < 1.29 is 13.2 Å². The summed E-state index contributed by atoms with van der Waals surface area (Å²) in [5.41, 5.74) is 20.8. The normalized spacial score (nSPS) is 11.4. The molecule has 0 bridgehead atoms. The molecule has 73 heavy (non-hydrogen) atoms. The number of nitrogens with two attached hydrogens (primary N) is 2. The van der Waals surface area contributed by atoms with Gasteiger partial charge in [0.15, 0.2) is 20.6 Å². The van der Waals surface area contributed by atoms with Crippen LogP contribution in [0.1, 0.15) is 89.8 Å². The molecule has 0 aliphatic heterocycles. The molecule has 0 amide bonds. The van der Waals surface area contributed by atoms with Gasteiger partial charge in [-0.15, -0.1) is 0 Å². The highest BCUT2D eigenvalue weighted by atomic mass is 32.2. The predicted octanol–water partition coefficient (Wildman–Crippen LogP) is 14.1. The SMILES string of the molecule is CC(C)c1cc(F)cc(-c2cccnc2)c1Nc1nc(=S)[nH][nH]1.CCSC(=NC(N)=S)Nc1c(-c2cccnc2)cc(F)cc1C(C)C.CCSC(N)=NC(=S)Nc1c(-c2cccnc2)cc(F)cc1C(C)C. The molecule has 0 aliphatic carbocycles. The number of thioether (sulfide) groups is 2. The minimum absolute atomic E-state index is 0.0552. The monoisotopic (exact) mass is 1080 g/mol. The maximum atomic E-state index is 14.2. The second-order valence-corrected chi connectivity index (χ2v) is 20.4. The number of halogens is 3. The Kier molecular flexibility index (Phi) is 22.1. The number of pyridine rings is 3. The first-order valence-corrected chi connectivity index (χ1v) is 26.3. The van der Waals surface area contributed by atoms with Gasteiger partial charge in [0.1, 0.15) is 17.5 Å². The van der Waals surface area contributed by atoms with E-state index in [1.165, 1.54) is 53.9 Å². The lowest BCUT2D eigenvalue weighted by atomic mass is 9.94. The molecule has 4 heterocycles. The molecular formula is C52H58F3N13S5. The molecule has 0 atom stereocenters. The number of rotatable bonds is 12. The van der Waals surface area contributed by atoms with Gasteiger partial charge in [-0.1, -0.05) is 97.1 Å². The summed E-state index contributed by atoms with van der Waals surface area (Å²) in [6.45, 7) is 16.1. The summed E-state index contributed by atoms with van der Waals surface area (Å²) in [6.07, 6.45) is 10.2. The molecule has 9 N–H and O–H groups in total. The van der Waals surface area contributed by atoms with Gasteiger partial charge in [0.25, 0.3) is 0 Å². The number of hydrogen-bond donors (Lipinski definition) is 7. The van der Waals surface area contributed by atoms with Crippen LogP contribution in [0, 0.1) is 22.2 Å². The van der Waals surface area contributed by atoms with Gasteiger partial charge in [-0.3, -0.25) is 25.1 Å². The van der Waals surface area contributed by atoms with Crippen LogP contribution in [0.5, 0.6) is 0 Å². The lowest BCUT2D eigenvalue weighted by Crippen LogP contribution is -2.16. The van der Waals surface area contributed by atoms with Crippen molar-refractivity contribution in [3.8, 4) is 33.4 Å². The van der Waals surface area contributed by atoms with Gasteiger partial charge in [-0.25, -0.2) is 13.2 Å². The second-order valence-electron chi connectivity index (χ2n) is 16.7. The average molecular weight is 1080 g/mol. The van der Waals surface area contributed by atoms with Crippen LogP contribution in [-0.2, 0) is 0 Å². The maximum Gasteiger partial charge on any atom is 0.222 e. The average Bonchev–Trinajstić information content (AvgIpc) is 3.77. The lowest BCUT2D eigenvalue weighted by molar-refractivity contribution is 0.624. The van der Waals surface area contributed by atoms with Gasteiger partial charge in [-0.2, -0.15) is 15.0 Å². The third kappa shape index (κ3) is 17.0. The zero-order chi connectivity index (χ0) is 53.2. The first-order chi connectivity index (χ1) is 34.9. The first kappa shape index (κ1) is 57.4. The summed E-state index contributed by atoms with van der Waals surface area (Å²) in [6, 6.07) is 20.2. The molecule has 382 valence electrons. The van der Waals surface area contributed by atoms with Crippen molar-refractivity contribution in [2.45, 2.75) is 73.1 Å². The molecule has 0 aliphatic rings. The van der Waals surface area contributed by atoms with Gasteiger partial charge < -0.3 is 27.4 Å². The maximum absolute atomic E-state index is 14.2. The van der Waals surface area contributed by atoms with Crippen molar-refractivity contribution in [2.24, 2.45) is 21.5 Å². The quantitative estimate of drug-likeness (QED) is 0.0347. The van der Waals surface area contributed by atoms with Gasteiger partial charge in [-0.05, 0) is 137 Å². The third-order valence-electron chi connectivity index (χ3n) is 10.4. The number of anilines is 4. The summed E-state index contributed by atoms with van der Waals surface area (Å²) in [5.74, 6) is 1.57. The van der Waals surface area contributed by atoms with Crippen LogP contribution < -0.4 is 27.4 Å². The minimum atomic E-state index is -0.302. The molecule has 0 unspecified atom stereocenters. The van der Waals surface area contributed by atoms with E-state index in [0.717, 1.165) is 73.1 Å². The zero-order valence-corrected chi connectivity index (χ0v) is 45.6. The van der Waals surface area contributed by atoms with Crippen molar-refractivity contribution in [2.75, 3.05) is 27.5 Å². The van der Waals surface area contributed by atoms with E-state index in [9.17, 15) is 13.2 Å². The van der Waals surface area contributed by atoms with Crippen molar-refractivity contribution in [1.29, 1.82) is 0 Å². The van der Waals surface area contributed by atoms with Crippen LogP contribution in [0.3, 0.4) is 0 Å². The van der Waals surface area contributed by atoms with Crippen LogP contribution in [0.4, 0.5) is 36.2 Å². The van der Waals surface area contributed by atoms with E-state index in [4.69, 9.17) is 48.1 Å². The van der Waals surface area contributed by atoms with Gasteiger partial charge in [0.05, 0.1) is 17.1 Å². The molecule has 0 spiro atoms. The summed E-state index contributed by atoms with van der Waals surface area (Å²) in [5, 5.41) is 16.5.